The van der Waals surface area contributed by atoms with Gasteiger partial charge >= 0.3 is 0 Å². The second-order valence-electron chi connectivity index (χ2n) is 27.2. The molecule has 1 saturated heterocycles. The molecule has 0 spiro atoms. The average molecular weight is 1480 g/mol. The van der Waals surface area contributed by atoms with Crippen molar-refractivity contribution >= 4 is 122 Å². The molecular weight excluding hydrogens is 1390 g/mol. The van der Waals surface area contributed by atoms with Crippen LogP contribution >= 0.6 is 0 Å². The third-order valence-corrected chi connectivity index (χ3v) is 20.5. The molecule has 4 aromatic carbocycles. The van der Waals surface area contributed by atoms with Crippen molar-refractivity contribution in [2.24, 2.45) is 23.5 Å². The molecule has 33 heteroatoms. The summed E-state index contributed by atoms with van der Waals surface area (Å²) in [4.78, 5) is 187. The fourth-order valence-electron chi connectivity index (χ4n) is 12.8. The number of fused-ring (bicyclic) bond motifs is 7. The van der Waals surface area contributed by atoms with Crippen molar-refractivity contribution in [1.29, 1.82) is 0 Å². The Morgan fingerprint density at radius 3 is 2.11 bits per heavy atom. The van der Waals surface area contributed by atoms with Crippen LogP contribution in [-0.4, -0.2) is 199 Å². The summed E-state index contributed by atoms with van der Waals surface area (Å²) < 4.78 is 21.5. The summed E-state index contributed by atoms with van der Waals surface area (Å²) in [6.07, 6.45) is -1.10. The number of nitrogens with zero attached hydrogens (tertiary/aromatic N) is 2. The van der Waals surface area contributed by atoms with Gasteiger partial charge in [-0.25, -0.2) is 0 Å². The Morgan fingerprint density at radius 2 is 1.42 bits per heavy atom. The lowest BCUT2D eigenvalue weighted by Crippen LogP contribution is -2.62. The number of aliphatic hydroxyl groups excluding tert-OH is 3. The molecule has 5 heterocycles. The van der Waals surface area contributed by atoms with Crippen LogP contribution in [0.5, 0.6) is 5.75 Å². The highest BCUT2D eigenvalue weighted by atomic mass is 32.2. The highest BCUT2D eigenvalue weighted by Gasteiger charge is 2.46. The lowest BCUT2D eigenvalue weighted by molar-refractivity contribution is -0.144. The zero-order valence-corrected chi connectivity index (χ0v) is 60.2. The van der Waals surface area contributed by atoms with E-state index in [-0.39, 0.29) is 52.6 Å². The summed E-state index contributed by atoms with van der Waals surface area (Å²) in [5.74, 6) is -14.5. The molecule has 566 valence electrons. The molecular formula is C73H90N14O18S. The number of amides is 13. The number of nitrogens with two attached hydrogens (primary N) is 1. The first kappa shape index (κ1) is 79.4. The van der Waals surface area contributed by atoms with Gasteiger partial charge in [0.25, 0.3) is 0 Å². The lowest BCUT2D eigenvalue weighted by Gasteiger charge is -2.32. The van der Waals surface area contributed by atoms with Crippen LogP contribution < -0.4 is 68.5 Å². The van der Waals surface area contributed by atoms with Gasteiger partial charge in [0.2, 0.25) is 81.8 Å². The predicted molar refractivity (Wildman–Crippen MR) is 387 cm³/mol. The molecule has 1 fully saturated rings. The van der Waals surface area contributed by atoms with E-state index in [1.807, 2.05) is 60.7 Å². The van der Waals surface area contributed by atoms with Gasteiger partial charge in [-0.3, -0.25) is 62.3 Å². The number of carbonyl (C=O) groups is 13. The van der Waals surface area contributed by atoms with E-state index in [2.05, 4.69) is 58.2 Å². The summed E-state index contributed by atoms with van der Waals surface area (Å²) in [6, 6.07) is 13.8. The third kappa shape index (κ3) is 20.0. The maximum atomic E-state index is 15.2. The molecule has 0 radical (unpaired) electrons. The number of primary amides is 1. The molecule has 0 saturated carbocycles. The fourth-order valence-corrected chi connectivity index (χ4v) is 14.2. The smallest absolute Gasteiger partial charge is 0.248 e. The maximum Gasteiger partial charge on any atom is 0.248 e. The van der Waals surface area contributed by atoms with Crippen LogP contribution in [0.15, 0.2) is 96.0 Å². The largest absolute Gasteiger partial charge is 0.610 e. The first-order valence-corrected chi connectivity index (χ1v) is 36.2. The number of nitrogens with one attached hydrogen (secondary N) is 11. The average Bonchev–Trinajstić information content (AvgIpc) is 1.62. The summed E-state index contributed by atoms with van der Waals surface area (Å²) in [7, 11) is 0. The number of aromatic amines is 1. The Balaban J connectivity index is 0.938. The van der Waals surface area contributed by atoms with Gasteiger partial charge in [-0.05, 0) is 71.3 Å². The molecule has 16 N–H and O–H groups in total. The van der Waals surface area contributed by atoms with Gasteiger partial charge in [0, 0.05) is 72.0 Å². The predicted octanol–water partition coefficient (Wildman–Crippen LogP) is -0.965. The van der Waals surface area contributed by atoms with Crippen molar-refractivity contribution in [3.05, 3.63) is 119 Å². The van der Waals surface area contributed by atoms with Crippen molar-refractivity contribution in [3.8, 4) is 5.75 Å². The number of rotatable bonds is 19. The number of ether oxygens (including phenoxy) is 1. The Bertz CT molecular complexity index is 4190. The zero-order valence-electron chi connectivity index (χ0n) is 59.4. The number of aromatic nitrogens is 1. The molecule has 1 aromatic heterocycles. The highest BCUT2D eigenvalue weighted by molar-refractivity contribution is 7.91. The molecule has 0 aliphatic carbocycles. The molecule has 9 rings (SSSR count). The van der Waals surface area contributed by atoms with Gasteiger partial charge in [0.1, 0.15) is 60.4 Å². The number of carbonyl (C=O) groups excluding carboxylic acids is 13. The second-order valence-corrected chi connectivity index (χ2v) is 28.6. The van der Waals surface area contributed by atoms with E-state index in [9.17, 15) is 77.6 Å². The second kappa shape index (κ2) is 35.8. The van der Waals surface area contributed by atoms with Crippen molar-refractivity contribution in [2.75, 3.05) is 42.2 Å². The van der Waals surface area contributed by atoms with E-state index in [0.29, 0.717) is 29.9 Å². The standard InChI is InChI=1S/C73H90N14O18S/c1-7-38(4)63-69(100)76-30-59(93)79-53-36-106(104)72-49(28-51(66(97)75-31-60(94)84-63)80-71(102)64(39(5)56(90)34-88)85-68(99)55-26-46(89)33-87(55)73(103)52(29-57(74)91)81-67(53)98)48-23-22-47(27-50(48)82-72)105-35-41-16-20-45(21-17-41)78-65(96)40(6)77-70(101)62(37(2)3)83-58(92)24-25-61(95)86-32-44-14-9-8-12-42(44)18-19-43-13-10-11-15-54(43)86/h8-23,27,37-40,46,51-53,55-56,62-64,82,88-90H,7,24-26,28-36H2,1-6H3,(H2,74,91)(H,75,97)(H,76,100)(H,77,101)(H,78,96)(H,79,93)(H,80,102)(H,81,98)(H,83,92)(H,84,94)(H,85,99)/b19-18-/t38-,39-,40-,46+,51-,52-,53-,55-,56-,62?,63-,64-,106?/m0/s1. The van der Waals surface area contributed by atoms with Gasteiger partial charge in [0.15, 0.2) is 6.04 Å². The molecule has 2 bridgehead atoms. The van der Waals surface area contributed by atoms with Crippen molar-refractivity contribution in [2.45, 2.75) is 159 Å². The fraction of sp³-hybridized carbons (Fsp3) is 0.438. The van der Waals surface area contributed by atoms with Gasteiger partial charge in [-0.15, -0.1) is 0 Å². The molecule has 2 unspecified atom stereocenters. The normalized spacial score (nSPS) is 23.0. The molecule has 4 aliphatic heterocycles. The van der Waals surface area contributed by atoms with E-state index in [1.165, 1.54) is 32.0 Å². The minimum Gasteiger partial charge on any atom is -0.610 e. The molecule has 106 heavy (non-hydrogen) atoms. The maximum absolute atomic E-state index is 15.2. The molecule has 13 amide bonds. The van der Waals surface area contributed by atoms with Crippen LogP contribution in [0.25, 0.3) is 23.1 Å². The van der Waals surface area contributed by atoms with Gasteiger partial charge in [-0.2, -0.15) is 0 Å². The van der Waals surface area contributed by atoms with E-state index in [4.69, 9.17) is 10.5 Å². The van der Waals surface area contributed by atoms with Crippen LogP contribution in [0.1, 0.15) is 101 Å². The summed E-state index contributed by atoms with van der Waals surface area (Å²) in [5.41, 5.74) is 10.2. The molecule has 4 aliphatic rings. The monoisotopic (exact) mass is 1480 g/mol. The SMILES string of the molecule is CC[C@H](C)[C@@H]1NC(=O)CNC(=O)[C@@H]2Cc3c([nH]c4cc(OCc5ccc(NC(=O)[C@H](C)NC(=O)C(NC(=O)CCC(=O)N6Cc7ccccc7/C=C\c7ccccc76)C(C)C)cc5)ccc34)[S+]([O-])C[C@H](NC(=O)CNC1=O)C(=O)N[C@@H](CC(N)=O)C(=O)N1C[C@H](O)C[C@H]1C(=O)N[C@@H]([C@@H](C)[C@@H](O)CO)C(=O)N2. The molecule has 32 nitrogen and oxygen atoms in total. The van der Waals surface area contributed by atoms with Crippen LogP contribution in [0.3, 0.4) is 0 Å². The van der Waals surface area contributed by atoms with E-state index in [0.717, 1.165) is 21.6 Å². The minimum atomic E-state index is -2.48. The topological polar surface area (TPSA) is 483 Å². The quantitative estimate of drug-likeness (QED) is 0.0443. The number of hydrogen-bond acceptors (Lipinski definition) is 18. The van der Waals surface area contributed by atoms with Crippen LogP contribution in [0, 0.1) is 17.8 Å². The van der Waals surface area contributed by atoms with E-state index >= 15 is 4.55 Å². The Kier molecular flexibility index (Phi) is 26.8. The Labute approximate surface area is 613 Å². The number of para-hydroxylation sites is 1. The van der Waals surface area contributed by atoms with Crippen molar-refractivity contribution in [1.82, 2.24) is 57.7 Å². The van der Waals surface area contributed by atoms with Crippen LogP contribution in [-0.2, 0) is 93.1 Å². The highest BCUT2D eigenvalue weighted by Crippen LogP contribution is 2.34. The summed E-state index contributed by atoms with van der Waals surface area (Å²) >= 11 is -2.48. The number of H-pyrrole nitrogens is 1. The Hall–Kier alpha value is -10.7. The van der Waals surface area contributed by atoms with Crippen molar-refractivity contribution in [3.63, 3.8) is 0 Å². The summed E-state index contributed by atoms with van der Waals surface area (Å²) in [6.45, 7) is 6.71. The lowest BCUT2D eigenvalue weighted by atomic mass is 9.93. The van der Waals surface area contributed by atoms with E-state index in [1.54, 1.807) is 56.9 Å². The number of aliphatic hydroxyl groups is 3. The van der Waals surface area contributed by atoms with Crippen LogP contribution in [0.2, 0.25) is 0 Å². The zero-order chi connectivity index (χ0) is 76.8. The van der Waals surface area contributed by atoms with Gasteiger partial charge in [-0.1, -0.05) is 108 Å². The van der Waals surface area contributed by atoms with Crippen LogP contribution in [0.4, 0.5) is 11.4 Å². The molecule has 5 aromatic rings. The minimum absolute atomic E-state index is 0.0531. The van der Waals surface area contributed by atoms with E-state index < -0.39 is 212 Å². The molecule has 13 atom stereocenters. The Morgan fingerprint density at radius 1 is 0.736 bits per heavy atom. The summed E-state index contributed by atoms with van der Waals surface area (Å²) in [5, 5.41) is 57.6. The van der Waals surface area contributed by atoms with Gasteiger partial charge in [0.05, 0.1) is 56.1 Å². The van der Waals surface area contributed by atoms with Crippen molar-refractivity contribution < 1.29 is 86.9 Å². The number of benzene rings is 4. The first-order valence-electron chi connectivity index (χ1n) is 34.9. The third-order valence-electron chi connectivity index (χ3n) is 19.1. The first-order chi connectivity index (χ1) is 50.5. The number of hydrogen-bond donors (Lipinski definition) is 15. The van der Waals surface area contributed by atoms with Gasteiger partial charge < -0.3 is 98.3 Å². The number of anilines is 2.